The van der Waals surface area contributed by atoms with Gasteiger partial charge in [-0.3, -0.25) is 15.1 Å². The fourth-order valence-electron chi connectivity index (χ4n) is 5.30. The summed E-state index contributed by atoms with van der Waals surface area (Å²) in [7, 11) is 0. The zero-order chi connectivity index (χ0) is 22.0. The Hall–Kier alpha value is -1.00. The molecule has 0 spiro atoms. The van der Waals surface area contributed by atoms with Crippen LogP contribution in [0.15, 0.2) is 0 Å². The number of hydrogen-bond acceptors (Lipinski definition) is 7. The van der Waals surface area contributed by atoms with Crippen LogP contribution in [-0.4, -0.2) is 85.5 Å². The molecule has 178 valence electrons. The molecule has 1 aliphatic carbocycles. The van der Waals surface area contributed by atoms with Crippen molar-refractivity contribution in [3.63, 3.8) is 0 Å². The number of amides is 1. The highest BCUT2D eigenvalue weighted by Gasteiger charge is 2.42. The van der Waals surface area contributed by atoms with Crippen LogP contribution in [0.3, 0.4) is 0 Å². The lowest BCUT2D eigenvalue weighted by Gasteiger charge is -2.42. The molecule has 4 rings (SSSR count). The second-order valence-corrected chi connectivity index (χ2v) is 10.4. The molecular formula is C22H39FN4O4. The highest BCUT2D eigenvalue weighted by atomic mass is 19.1. The summed E-state index contributed by atoms with van der Waals surface area (Å²) in [6, 6.07) is -0.0378. The van der Waals surface area contributed by atoms with Crippen LogP contribution in [0, 0.1) is 11.8 Å². The van der Waals surface area contributed by atoms with Crippen molar-refractivity contribution in [1.29, 1.82) is 0 Å². The van der Waals surface area contributed by atoms with Crippen LogP contribution in [0.4, 0.5) is 9.18 Å². The lowest BCUT2D eigenvalue weighted by molar-refractivity contribution is -0.0614. The molecule has 3 heterocycles. The molecule has 5 atom stereocenters. The fraction of sp³-hybridized carbons (Fsp3) is 0.955. The van der Waals surface area contributed by atoms with Crippen LogP contribution < -0.4 is 10.8 Å². The Morgan fingerprint density at radius 3 is 2.42 bits per heavy atom. The monoisotopic (exact) mass is 442 g/mol. The number of hydroxylamine groups is 1. The summed E-state index contributed by atoms with van der Waals surface area (Å²) in [6.07, 6.45) is 3.01. The average molecular weight is 443 g/mol. The molecule has 9 heteroatoms. The standard InChI is InChI=1S/C22H39FN4O4/c1-22(2,3)30-21(28)27-8-6-15(7-9-27)19-24-20(31-25-19)16-4-5-17(23)18(14-16)26-10-12-29-13-11-26/h15-20,24-25H,4-14H2,1-3H3. The molecule has 0 radical (unpaired) electrons. The third kappa shape index (κ3) is 5.87. The van der Waals surface area contributed by atoms with Gasteiger partial charge in [0, 0.05) is 38.1 Å². The van der Waals surface area contributed by atoms with Gasteiger partial charge < -0.3 is 14.4 Å². The number of halogens is 1. The zero-order valence-corrected chi connectivity index (χ0v) is 19.1. The molecular weight excluding hydrogens is 403 g/mol. The predicted octanol–water partition coefficient (Wildman–Crippen LogP) is 2.25. The fourth-order valence-corrected chi connectivity index (χ4v) is 5.30. The van der Waals surface area contributed by atoms with E-state index in [0.29, 0.717) is 44.6 Å². The van der Waals surface area contributed by atoms with Crippen molar-refractivity contribution >= 4 is 6.09 Å². The number of carbonyl (C=O) groups is 1. The van der Waals surface area contributed by atoms with Gasteiger partial charge in [-0.1, -0.05) is 0 Å². The first-order chi connectivity index (χ1) is 14.8. The van der Waals surface area contributed by atoms with E-state index in [4.69, 9.17) is 14.3 Å². The van der Waals surface area contributed by atoms with Crippen LogP contribution in [0.5, 0.6) is 0 Å². The van der Waals surface area contributed by atoms with Crippen molar-refractivity contribution in [3.05, 3.63) is 0 Å². The minimum Gasteiger partial charge on any atom is -0.444 e. The second-order valence-electron chi connectivity index (χ2n) is 10.4. The van der Waals surface area contributed by atoms with E-state index < -0.39 is 11.8 Å². The van der Waals surface area contributed by atoms with Crippen LogP contribution in [-0.2, 0) is 14.3 Å². The van der Waals surface area contributed by atoms with Crippen molar-refractivity contribution < 1.29 is 23.5 Å². The van der Waals surface area contributed by atoms with Crippen LogP contribution in [0.25, 0.3) is 0 Å². The number of morpholine rings is 1. The third-order valence-corrected chi connectivity index (χ3v) is 7.05. The van der Waals surface area contributed by atoms with Gasteiger partial charge in [-0.2, -0.15) is 5.48 Å². The van der Waals surface area contributed by atoms with E-state index in [0.717, 1.165) is 38.8 Å². The molecule has 3 saturated heterocycles. The Kier molecular flexibility index (Phi) is 7.37. The van der Waals surface area contributed by atoms with Gasteiger partial charge in [-0.05, 0) is 58.8 Å². The quantitative estimate of drug-likeness (QED) is 0.694. The van der Waals surface area contributed by atoms with E-state index in [1.165, 1.54) is 0 Å². The topological polar surface area (TPSA) is 75.3 Å². The van der Waals surface area contributed by atoms with E-state index in [1.54, 1.807) is 4.90 Å². The van der Waals surface area contributed by atoms with Gasteiger partial charge in [0.25, 0.3) is 0 Å². The van der Waals surface area contributed by atoms with E-state index >= 15 is 0 Å². The summed E-state index contributed by atoms with van der Waals surface area (Å²) >= 11 is 0. The zero-order valence-electron chi connectivity index (χ0n) is 19.1. The van der Waals surface area contributed by atoms with Gasteiger partial charge in [-0.15, -0.1) is 0 Å². The SMILES string of the molecule is CC(C)(C)OC(=O)N1CCC(C2NOC(C3CCC(F)C(N4CCOCC4)C3)N2)CC1. The molecule has 8 nitrogen and oxygen atoms in total. The van der Waals surface area contributed by atoms with Gasteiger partial charge in [0.2, 0.25) is 0 Å². The van der Waals surface area contributed by atoms with E-state index in [9.17, 15) is 9.18 Å². The van der Waals surface area contributed by atoms with E-state index in [-0.39, 0.29) is 24.5 Å². The van der Waals surface area contributed by atoms with Crippen LogP contribution >= 0.6 is 0 Å². The van der Waals surface area contributed by atoms with Crippen molar-refractivity contribution in [2.75, 3.05) is 39.4 Å². The van der Waals surface area contributed by atoms with E-state index in [1.807, 2.05) is 20.8 Å². The van der Waals surface area contributed by atoms with Crippen molar-refractivity contribution in [2.45, 2.75) is 83.1 Å². The lowest BCUT2D eigenvalue weighted by Crippen LogP contribution is -2.53. The maximum atomic E-state index is 14.7. The first-order valence-electron chi connectivity index (χ1n) is 11.9. The number of rotatable bonds is 3. The summed E-state index contributed by atoms with van der Waals surface area (Å²) in [6.45, 7) is 10.1. The summed E-state index contributed by atoms with van der Waals surface area (Å²) in [5, 5.41) is 3.62. The smallest absolute Gasteiger partial charge is 0.410 e. The Morgan fingerprint density at radius 1 is 1.03 bits per heavy atom. The largest absolute Gasteiger partial charge is 0.444 e. The second kappa shape index (κ2) is 9.87. The molecule has 31 heavy (non-hydrogen) atoms. The minimum atomic E-state index is -0.767. The first kappa shape index (κ1) is 23.2. The highest BCUT2D eigenvalue weighted by Crippen LogP contribution is 2.34. The molecule has 4 aliphatic rings. The summed E-state index contributed by atoms with van der Waals surface area (Å²) < 4.78 is 25.6. The molecule has 2 N–H and O–H groups in total. The number of alkyl halides is 1. The summed E-state index contributed by atoms with van der Waals surface area (Å²) in [5.74, 6) is 0.676. The van der Waals surface area contributed by atoms with Crippen molar-refractivity contribution in [2.24, 2.45) is 11.8 Å². The molecule has 0 aromatic carbocycles. The molecule has 1 saturated carbocycles. The van der Waals surface area contributed by atoms with Crippen LogP contribution in [0.1, 0.15) is 52.9 Å². The van der Waals surface area contributed by atoms with E-state index in [2.05, 4.69) is 15.7 Å². The maximum absolute atomic E-state index is 14.7. The van der Waals surface area contributed by atoms with Gasteiger partial charge in [-0.25, -0.2) is 9.18 Å². The average Bonchev–Trinajstić information content (AvgIpc) is 3.24. The Bertz CT molecular complexity index is 605. The number of ether oxygens (including phenoxy) is 2. The first-order valence-corrected chi connectivity index (χ1v) is 11.9. The molecule has 5 unspecified atom stereocenters. The number of likely N-dealkylation sites (tertiary alicyclic amines) is 1. The molecule has 4 fully saturated rings. The molecule has 0 bridgehead atoms. The third-order valence-electron chi connectivity index (χ3n) is 7.05. The predicted molar refractivity (Wildman–Crippen MR) is 114 cm³/mol. The van der Waals surface area contributed by atoms with Gasteiger partial charge in [0.05, 0.1) is 19.4 Å². The molecule has 1 amide bonds. The number of nitrogens with one attached hydrogen (secondary N) is 2. The summed E-state index contributed by atoms with van der Waals surface area (Å²) in [4.78, 5) is 22.3. The van der Waals surface area contributed by atoms with Gasteiger partial charge in [0.1, 0.15) is 18.0 Å². The molecule has 3 aliphatic heterocycles. The number of hydrogen-bond donors (Lipinski definition) is 2. The highest BCUT2D eigenvalue weighted by molar-refractivity contribution is 5.68. The number of nitrogens with zero attached hydrogens (tertiary/aromatic N) is 2. The van der Waals surface area contributed by atoms with Gasteiger partial charge >= 0.3 is 6.09 Å². The Labute approximate surface area is 185 Å². The van der Waals surface area contributed by atoms with Gasteiger partial charge in [0.15, 0.2) is 0 Å². The number of carbonyl (C=O) groups excluding carboxylic acids is 1. The lowest BCUT2D eigenvalue weighted by atomic mass is 9.82. The minimum absolute atomic E-state index is 0.0378. The van der Waals surface area contributed by atoms with Crippen LogP contribution in [0.2, 0.25) is 0 Å². The maximum Gasteiger partial charge on any atom is 0.410 e. The Morgan fingerprint density at radius 2 is 1.74 bits per heavy atom. The number of piperidine rings is 1. The van der Waals surface area contributed by atoms with Crippen molar-refractivity contribution in [3.8, 4) is 0 Å². The van der Waals surface area contributed by atoms with Crippen molar-refractivity contribution in [1.82, 2.24) is 20.6 Å². The molecule has 0 aromatic rings. The summed E-state index contributed by atoms with van der Waals surface area (Å²) in [5.41, 5.74) is 2.72. The Balaban J connectivity index is 1.24. The molecule has 0 aromatic heterocycles. The normalized spacial score (nSPS) is 36.5.